The van der Waals surface area contributed by atoms with Crippen LogP contribution in [0.15, 0.2) is 35.2 Å². The third-order valence-corrected chi connectivity index (χ3v) is 9.08. The molecule has 1 rings (SSSR count). The molecule has 0 heterocycles. The Morgan fingerprint density at radius 3 is 1.22 bits per heavy atom. The van der Waals surface area contributed by atoms with Crippen LogP contribution in [0.5, 0.6) is 0 Å². The van der Waals surface area contributed by atoms with Crippen LogP contribution in [0, 0.1) is 0 Å². The van der Waals surface area contributed by atoms with Gasteiger partial charge in [-0.1, -0.05) is 161 Å². The molecule has 0 unspecified atom stereocenters. The highest BCUT2D eigenvalue weighted by atomic mass is 32.2. The normalized spacial score (nSPS) is 11.5. The molecule has 0 saturated carbocycles. The van der Waals surface area contributed by atoms with E-state index in [9.17, 15) is 8.42 Å². The highest BCUT2D eigenvalue weighted by Gasteiger charge is 2.13. The maximum Gasteiger partial charge on any atom is 0.296 e. The minimum atomic E-state index is -3.57. The maximum atomic E-state index is 11.9. The third kappa shape index (κ3) is 26.4. The first-order chi connectivity index (χ1) is 20.0. The molecule has 0 amide bonds. The van der Waals surface area contributed by atoms with E-state index in [4.69, 9.17) is 4.18 Å². The summed E-state index contributed by atoms with van der Waals surface area (Å²) < 4.78 is 28.8. The minimum absolute atomic E-state index is 0.238. The maximum absolute atomic E-state index is 11.9. The molecule has 0 radical (unpaired) electrons. The van der Waals surface area contributed by atoms with Crippen molar-refractivity contribution >= 4 is 10.1 Å². The van der Waals surface area contributed by atoms with Crippen LogP contribution in [0.3, 0.4) is 0 Å². The summed E-state index contributed by atoms with van der Waals surface area (Å²) in [5.74, 6) is 0. The van der Waals surface area contributed by atoms with Gasteiger partial charge in [0.25, 0.3) is 10.1 Å². The smallest absolute Gasteiger partial charge is 0.296 e. The predicted molar refractivity (Wildman–Crippen MR) is 180 cm³/mol. The fourth-order valence-corrected chi connectivity index (χ4v) is 6.00. The van der Waals surface area contributed by atoms with Crippen molar-refractivity contribution in [2.45, 2.75) is 174 Å². The summed E-state index contributed by atoms with van der Waals surface area (Å²) in [5, 5.41) is 0. The van der Waals surface area contributed by atoms with Gasteiger partial charge in [-0.25, -0.2) is 0 Å². The molecular formula is C36H69NO3S. The lowest BCUT2D eigenvalue weighted by atomic mass is 10.1. The third-order valence-electron chi connectivity index (χ3n) is 7.75. The number of hydrogen-bond donors (Lipinski definition) is 0. The van der Waals surface area contributed by atoms with E-state index in [1.807, 2.05) is 0 Å². The zero-order valence-electron chi connectivity index (χ0n) is 27.9. The Bertz CT molecular complexity index is 710. The highest BCUT2D eigenvalue weighted by molar-refractivity contribution is 7.86. The highest BCUT2D eigenvalue weighted by Crippen LogP contribution is 2.14. The summed E-state index contributed by atoms with van der Waals surface area (Å²) in [6.45, 7) is 13.5. The molecule has 41 heavy (non-hydrogen) atoms. The van der Waals surface area contributed by atoms with Crippen LogP contribution in [0.4, 0.5) is 0 Å². The Labute approximate surface area is 257 Å². The molecule has 0 aromatic heterocycles. The van der Waals surface area contributed by atoms with Gasteiger partial charge in [0, 0.05) is 0 Å². The van der Waals surface area contributed by atoms with E-state index in [0.29, 0.717) is 0 Å². The van der Waals surface area contributed by atoms with Crippen molar-refractivity contribution in [3.8, 4) is 0 Å². The molecule has 0 fully saturated rings. The van der Waals surface area contributed by atoms with Gasteiger partial charge in [0.1, 0.15) is 0 Å². The van der Waals surface area contributed by atoms with E-state index < -0.39 is 10.1 Å². The Morgan fingerprint density at radius 2 is 0.829 bits per heavy atom. The van der Waals surface area contributed by atoms with Gasteiger partial charge in [-0.3, -0.25) is 4.18 Å². The van der Waals surface area contributed by atoms with E-state index in [1.165, 1.54) is 148 Å². The molecule has 4 nitrogen and oxygen atoms in total. The summed E-state index contributed by atoms with van der Waals surface area (Å²) >= 11 is 0. The number of rotatable bonds is 28. The number of benzene rings is 1. The second-order valence-electron chi connectivity index (χ2n) is 11.8. The van der Waals surface area contributed by atoms with Crippen molar-refractivity contribution in [2.75, 3.05) is 26.2 Å². The Kier molecular flexibility index (Phi) is 29.9. The van der Waals surface area contributed by atoms with Crippen LogP contribution >= 0.6 is 0 Å². The standard InChI is InChI=1S/C18H39N.C18H30O3S/c1-4-7-10-13-16-19(17-14-11-8-5-2)18-15-12-9-6-3;1-2-3-4-5-6-7-8-9-10-14-17-21-22(19,20)18-15-12-11-13-16-18/h4-18H2,1-3H3;11-13,15-16H,2-10,14,17H2,1H3. The molecular weight excluding hydrogens is 526 g/mol. The largest absolute Gasteiger partial charge is 0.303 e. The average molecular weight is 596 g/mol. The zero-order valence-corrected chi connectivity index (χ0v) is 28.7. The van der Waals surface area contributed by atoms with Crippen molar-refractivity contribution in [1.82, 2.24) is 4.90 Å². The van der Waals surface area contributed by atoms with Gasteiger partial charge < -0.3 is 4.90 Å². The summed E-state index contributed by atoms with van der Waals surface area (Å²) in [4.78, 5) is 2.98. The fraction of sp³-hybridized carbons (Fsp3) is 0.833. The lowest BCUT2D eigenvalue weighted by Gasteiger charge is -2.22. The molecule has 0 bridgehead atoms. The molecule has 5 heteroatoms. The van der Waals surface area contributed by atoms with Crippen LogP contribution in [-0.2, 0) is 14.3 Å². The van der Waals surface area contributed by atoms with Gasteiger partial charge in [0.2, 0.25) is 0 Å². The van der Waals surface area contributed by atoms with Crippen molar-refractivity contribution < 1.29 is 12.6 Å². The summed E-state index contributed by atoms with van der Waals surface area (Å²) in [6.07, 6.45) is 29.1. The van der Waals surface area contributed by atoms with E-state index >= 15 is 0 Å². The molecule has 0 spiro atoms. The minimum Gasteiger partial charge on any atom is -0.303 e. The lowest BCUT2D eigenvalue weighted by Crippen LogP contribution is -2.27. The van der Waals surface area contributed by atoms with E-state index in [0.717, 1.165) is 12.8 Å². The van der Waals surface area contributed by atoms with Crippen molar-refractivity contribution in [2.24, 2.45) is 0 Å². The first-order valence-corrected chi connectivity index (χ1v) is 19.1. The molecule has 0 atom stereocenters. The molecule has 0 aliphatic rings. The number of nitrogens with zero attached hydrogens (tertiary/aromatic N) is 1. The van der Waals surface area contributed by atoms with Gasteiger partial charge in [-0.05, 0) is 57.5 Å². The van der Waals surface area contributed by atoms with Crippen LogP contribution in [-0.4, -0.2) is 39.6 Å². The number of unbranched alkanes of at least 4 members (excludes halogenated alkanes) is 18. The quantitative estimate of drug-likeness (QED) is 0.0714. The summed E-state index contributed by atoms with van der Waals surface area (Å²) in [7, 11) is -3.57. The molecule has 0 aliphatic heterocycles. The predicted octanol–water partition coefficient (Wildman–Crippen LogP) is 11.3. The van der Waals surface area contributed by atoms with Crippen LogP contribution in [0.25, 0.3) is 0 Å². The molecule has 242 valence electrons. The van der Waals surface area contributed by atoms with Crippen LogP contribution in [0.1, 0.15) is 169 Å². The SMILES string of the molecule is CCCCCCCCCCCCOS(=O)(=O)c1ccccc1.CCCCCCN(CCCCCC)CCCCCC. The van der Waals surface area contributed by atoms with Gasteiger partial charge >= 0.3 is 0 Å². The topological polar surface area (TPSA) is 46.6 Å². The Balaban J connectivity index is 0.000000790. The molecule has 0 N–H and O–H groups in total. The summed E-state index contributed by atoms with van der Waals surface area (Å²) in [6, 6.07) is 8.33. The molecule has 0 saturated heterocycles. The van der Waals surface area contributed by atoms with Crippen LogP contribution < -0.4 is 0 Å². The first-order valence-electron chi connectivity index (χ1n) is 17.7. The monoisotopic (exact) mass is 595 g/mol. The van der Waals surface area contributed by atoms with E-state index in [1.54, 1.807) is 30.3 Å². The Morgan fingerprint density at radius 1 is 0.488 bits per heavy atom. The van der Waals surface area contributed by atoms with E-state index in [-0.39, 0.29) is 11.5 Å². The zero-order chi connectivity index (χ0) is 30.3. The van der Waals surface area contributed by atoms with Crippen molar-refractivity contribution in [3.63, 3.8) is 0 Å². The number of hydrogen-bond acceptors (Lipinski definition) is 4. The lowest BCUT2D eigenvalue weighted by molar-refractivity contribution is 0.255. The van der Waals surface area contributed by atoms with E-state index in [2.05, 4.69) is 32.6 Å². The Hall–Kier alpha value is -0.910. The van der Waals surface area contributed by atoms with Crippen molar-refractivity contribution in [1.29, 1.82) is 0 Å². The average Bonchev–Trinajstić information content (AvgIpc) is 2.98. The molecule has 1 aromatic carbocycles. The molecule has 0 aliphatic carbocycles. The second kappa shape index (κ2) is 30.5. The molecule has 1 aromatic rings. The summed E-state index contributed by atoms with van der Waals surface area (Å²) in [5.41, 5.74) is 0. The van der Waals surface area contributed by atoms with Crippen LogP contribution in [0.2, 0.25) is 0 Å². The van der Waals surface area contributed by atoms with Crippen molar-refractivity contribution in [3.05, 3.63) is 30.3 Å². The van der Waals surface area contributed by atoms with Gasteiger partial charge in [0.15, 0.2) is 0 Å². The second-order valence-corrected chi connectivity index (χ2v) is 13.4. The fourth-order valence-electron chi connectivity index (χ4n) is 5.04. The van der Waals surface area contributed by atoms with Gasteiger partial charge in [-0.15, -0.1) is 0 Å². The van der Waals surface area contributed by atoms with Gasteiger partial charge in [0.05, 0.1) is 11.5 Å². The first kappa shape index (κ1) is 40.1. The van der Waals surface area contributed by atoms with Gasteiger partial charge in [-0.2, -0.15) is 8.42 Å².